The second kappa shape index (κ2) is 9.29. The van der Waals surface area contributed by atoms with Crippen molar-refractivity contribution >= 4 is 35.2 Å². The van der Waals surface area contributed by atoms with Crippen LogP contribution >= 0.6 is 0 Å². The smallest absolute Gasteiger partial charge is 0.270 e. The predicted octanol–water partition coefficient (Wildman–Crippen LogP) is -0.0152. The number of imide groups is 1. The highest BCUT2D eigenvalue weighted by Gasteiger charge is 2.34. The van der Waals surface area contributed by atoms with Crippen molar-refractivity contribution in [2.75, 3.05) is 32.7 Å². The van der Waals surface area contributed by atoms with Crippen LogP contribution in [0.15, 0.2) is 35.4 Å². The molecule has 2 fully saturated rings. The first-order valence-corrected chi connectivity index (χ1v) is 10.7. The highest BCUT2D eigenvalue weighted by molar-refractivity contribution is 6.39. The van der Waals surface area contributed by atoms with Gasteiger partial charge in [-0.05, 0) is 5.56 Å². The van der Waals surface area contributed by atoms with Crippen LogP contribution in [0.2, 0.25) is 0 Å². The molecule has 3 aliphatic heterocycles. The minimum atomic E-state index is -0.318. The molecule has 0 aliphatic carbocycles. The van der Waals surface area contributed by atoms with Crippen molar-refractivity contribution in [2.45, 2.75) is 32.2 Å². The molecule has 2 saturated heterocycles. The van der Waals surface area contributed by atoms with E-state index in [1.807, 2.05) is 30.3 Å². The van der Waals surface area contributed by atoms with E-state index in [1.54, 1.807) is 9.80 Å². The number of rotatable bonds is 5. The van der Waals surface area contributed by atoms with Gasteiger partial charge >= 0.3 is 0 Å². The van der Waals surface area contributed by atoms with Gasteiger partial charge in [0.2, 0.25) is 23.6 Å². The maximum atomic E-state index is 13.0. The van der Waals surface area contributed by atoms with Gasteiger partial charge in [0.05, 0.1) is 6.54 Å². The summed E-state index contributed by atoms with van der Waals surface area (Å²) in [6.07, 6.45) is 0.829. The van der Waals surface area contributed by atoms with Crippen LogP contribution in [0.25, 0.3) is 0 Å². The number of hydrogen-bond acceptors (Lipinski definition) is 6. The molecule has 0 unspecified atom stereocenters. The maximum Gasteiger partial charge on any atom is 0.270 e. The first kappa shape index (κ1) is 21.7. The van der Waals surface area contributed by atoms with Gasteiger partial charge in [-0.1, -0.05) is 30.3 Å². The highest BCUT2D eigenvalue weighted by Crippen LogP contribution is 2.16. The number of carbonyl (C=O) groups excluding carboxylic acids is 5. The van der Waals surface area contributed by atoms with Crippen LogP contribution in [-0.4, -0.2) is 87.7 Å². The summed E-state index contributed by atoms with van der Waals surface area (Å²) >= 11 is 0. The summed E-state index contributed by atoms with van der Waals surface area (Å²) in [4.78, 5) is 65.3. The molecule has 0 bridgehead atoms. The van der Waals surface area contributed by atoms with Gasteiger partial charge in [0.1, 0.15) is 12.3 Å². The maximum absolute atomic E-state index is 13.0. The molecular weight excluding hydrogens is 414 g/mol. The Morgan fingerprint density at radius 1 is 0.781 bits per heavy atom. The third-order valence-electron chi connectivity index (χ3n) is 5.89. The molecule has 0 radical (unpaired) electrons. The predicted molar refractivity (Wildman–Crippen MR) is 113 cm³/mol. The van der Waals surface area contributed by atoms with Gasteiger partial charge in [-0.3, -0.25) is 28.9 Å². The van der Waals surface area contributed by atoms with Gasteiger partial charge in [-0.2, -0.15) is 5.10 Å². The molecule has 3 heterocycles. The molecule has 0 spiro atoms. The lowest BCUT2D eigenvalue weighted by molar-refractivity contribution is -0.146. The van der Waals surface area contributed by atoms with E-state index in [1.165, 1.54) is 5.01 Å². The minimum absolute atomic E-state index is 0.119. The Balaban J connectivity index is 1.33. The molecule has 5 amide bonds. The number of hydrogen-bond donors (Lipinski definition) is 0. The fraction of sp³-hybridized carbons (Fsp3) is 0.455. The van der Waals surface area contributed by atoms with Gasteiger partial charge in [0, 0.05) is 51.9 Å². The third-order valence-corrected chi connectivity index (χ3v) is 5.89. The molecule has 0 aromatic heterocycles. The molecular formula is C22H25N5O5. The minimum Gasteiger partial charge on any atom is -0.338 e. The number of nitrogens with zero attached hydrogens (tertiary/aromatic N) is 5. The van der Waals surface area contributed by atoms with Crippen LogP contribution in [0.3, 0.4) is 0 Å². The zero-order valence-corrected chi connectivity index (χ0v) is 17.7. The quantitative estimate of drug-likeness (QED) is 0.599. The van der Waals surface area contributed by atoms with Crippen LogP contribution in [0.5, 0.6) is 0 Å². The van der Waals surface area contributed by atoms with Gasteiger partial charge < -0.3 is 9.80 Å². The lowest BCUT2D eigenvalue weighted by Crippen LogP contribution is -2.54. The number of amides is 5. The Kier molecular flexibility index (Phi) is 6.29. The highest BCUT2D eigenvalue weighted by atomic mass is 16.2. The second-order valence-corrected chi connectivity index (χ2v) is 8.03. The first-order chi connectivity index (χ1) is 15.4. The van der Waals surface area contributed by atoms with Gasteiger partial charge in [0.15, 0.2) is 0 Å². The molecule has 32 heavy (non-hydrogen) atoms. The number of benzene rings is 1. The average molecular weight is 439 g/mol. The monoisotopic (exact) mass is 439 g/mol. The van der Waals surface area contributed by atoms with E-state index in [-0.39, 0.29) is 55.3 Å². The van der Waals surface area contributed by atoms with Crippen LogP contribution in [0, 0.1) is 0 Å². The summed E-state index contributed by atoms with van der Waals surface area (Å²) in [6.45, 7) is 1.37. The summed E-state index contributed by atoms with van der Waals surface area (Å²) in [5.41, 5.74) is 1.27. The SMILES string of the molecule is O=C(CN1C(=O)CCC1=O)N1CCN(C(=O)C2=NN(Cc3ccccc3)C(=O)CC2)CC1. The van der Waals surface area contributed by atoms with Crippen molar-refractivity contribution in [2.24, 2.45) is 5.10 Å². The Labute approximate surface area is 185 Å². The van der Waals surface area contributed by atoms with E-state index in [9.17, 15) is 24.0 Å². The van der Waals surface area contributed by atoms with Crippen molar-refractivity contribution in [1.29, 1.82) is 0 Å². The molecule has 4 rings (SSSR count). The standard InChI is InChI=1S/C22H25N5O5/c28-18-8-9-19(29)26(18)15-21(31)24-10-12-25(13-11-24)22(32)17-6-7-20(30)27(23-17)14-16-4-2-1-3-5-16/h1-5H,6-15H2. The molecule has 0 saturated carbocycles. The Morgan fingerprint density at radius 3 is 2.03 bits per heavy atom. The fourth-order valence-electron chi connectivity index (χ4n) is 4.01. The zero-order valence-electron chi connectivity index (χ0n) is 17.7. The third kappa shape index (κ3) is 4.68. The Morgan fingerprint density at radius 2 is 1.38 bits per heavy atom. The van der Waals surface area contributed by atoms with E-state index in [2.05, 4.69) is 5.10 Å². The van der Waals surface area contributed by atoms with E-state index in [0.29, 0.717) is 44.9 Å². The molecule has 1 aromatic rings. The van der Waals surface area contributed by atoms with E-state index < -0.39 is 0 Å². The zero-order chi connectivity index (χ0) is 22.7. The lowest BCUT2D eigenvalue weighted by atomic mass is 10.1. The van der Waals surface area contributed by atoms with Crippen molar-refractivity contribution in [3.63, 3.8) is 0 Å². The van der Waals surface area contributed by atoms with Crippen molar-refractivity contribution in [3.05, 3.63) is 35.9 Å². The Hall–Kier alpha value is -3.56. The normalized spacial score (nSPS) is 19.5. The molecule has 1 aromatic carbocycles. The molecule has 0 N–H and O–H groups in total. The van der Waals surface area contributed by atoms with Crippen molar-refractivity contribution in [3.8, 4) is 0 Å². The molecule has 0 atom stereocenters. The molecule has 10 heteroatoms. The van der Waals surface area contributed by atoms with Crippen LogP contribution in [0.4, 0.5) is 0 Å². The molecule has 10 nitrogen and oxygen atoms in total. The lowest BCUT2D eigenvalue weighted by Gasteiger charge is -2.36. The van der Waals surface area contributed by atoms with Crippen LogP contribution in [-0.2, 0) is 30.5 Å². The summed E-state index contributed by atoms with van der Waals surface area (Å²) in [5, 5.41) is 5.66. The number of hydrazone groups is 1. The van der Waals surface area contributed by atoms with Gasteiger partial charge in [0.25, 0.3) is 5.91 Å². The number of piperazine rings is 1. The van der Waals surface area contributed by atoms with Crippen LogP contribution < -0.4 is 0 Å². The second-order valence-electron chi connectivity index (χ2n) is 8.03. The van der Waals surface area contributed by atoms with E-state index in [0.717, 1.165) is 10.5 Å². The Bertz CT molecular complexity index is 952. The number of likely N-dealkylation sites (tertiary alicyclic amines) is 1. The largest absolute Gasteiger partial charge is 0.338 e. The van der Waals surface area contributed by atoms with Gasteiger partial charge in [-0.15, -0.1) is 0 Å². The summed E-state index contributed by atoms with van der Waals surface area (Å²) in [7, 11) is 0. The average Bonchev–Trinajstić information content (AvgIpc) is 3.13. The summed E-state index contributed by atoms with van der Waals surface area (Å²) in [6, 6.07) is 9.47. The van der Waals surface area contributed by atoms with Gasteiger partial charge in [-0.25, -0.2) is 5.01 Å². The summed E-state index contributed by atoms with van der Waals surface area (Å²) < 4.78 is 0. The first-order valence-electron chi connectivity index (χ1n) is 10.7. The summed E-state index contributed by atoms with van der Waals surface area (Å²) in [5.74, 6) is -1.28. The van der Waals surface area contributed by atoms with Crippen molar-refractivity contribution < 1.29 is 24.0 Å². The van der Waals surface area contributed by atoms with Crippen LogP contribution in [0.1, 0.15) is 31.2 Å². The fourth-order valence-corrected chi connectivity index (χ4v) is 4.01. The molecule has 168 valence electrons. The topological polar surface area (TPSA) is 111 Å². The van der Waals surface area contributed by atoms with E-state index >= 15 is 0 Å². The number of carbonyl (C=O) groups is 5. The van der Waals surface area contributed by atoms with E-state index in [4.69, 9.17) is 0 Å². The van der Waals surface area contributed by atoms with Crippen molar-refractivity contribution in [1.82, 2.24) is 19.7 Å². The molecule has 3 aliphatic rings.